The van der Waals surface area contributed by atoms with Crippen LogP contribution in [0.1, 0.15) is 63.8 Å². The van der Waals surface area contributed by atoms with E-state index in [1.165, 1.54) is 9.75 Å². The standard InChI is InChI=1S/C17H29NOS/c1-16(2,3)14-8-7-13(20-14)15-12(9-10-19-15)11-18-17(4,5)6/h7-8,12,15,18H,9-11H2,1-6H3. The van der Waals surface area contributed by atoms with Crippen LogP contribution >= 0.6 is 11.3 Å². The summed E-state index contributed by atoms with van der Waals surface area (Å²) in [7, 11) is 0. The summed E-state index contributed by atoms with van der Waals surface area (Å²) >= 11 is 1.92. The zero-order chi connectivity index (χ0) is 15.0. The van der Waals surface area contributed by atoms with Crippen molar-refractivity contribution >= 4 is 11.3 Å². The van der Waals surface area contributed by atoms with Crippen LogP contribution in [-0.2, 0) is 10.2 Å². The fourth-order valence-corrected chi connectivity index (χ4v) is 3.71. The Morgan fingerprint density at radius 3 is 2.45 bits per heavy atom. The first-order valence-electron chi connectivity index (χ1n) is 7.64. The van der Waals surface area contributed by atoms with E-state index in [0.717, 1.165) is 19.6 Å². The molecular formula is C17H29NOS. The van der Waals surface area contributed by atoms with E-state index in [-0.39, 0.29) is 17.1 Å². The molecule has 114 valence electrons. The van der Waals surface area contributed by atoms with Crippen molar-refractivity contribution in [3.05, 3.63) is 21.9 Å². The lowest BCUT2D eigenvalue weighted by Gasteiger charge is -2.25. The van der Waals surface area contributed by atoms with Crippen LogP contribution in [0.2, 0.25) is 0 Å². The smallest absolute Gasteiger partial charge is 0.0957 e. The third-order valence-corrected chi connectivity index (χ3v) is 5.33. The van der Waals surface area contributed by atoms with Gasteiger partial charge < -0.3 is 10.1 Å². The molecule has 0 saturated carbocycles. The number of thiophene rings is 1. The fraction of sp³-hybridized carbons (Fsp3) is 0.765. The highest BCUT2D eigenvalue weighted by molar-refractivity contribution is 7.12. The van der Waals surface area contributed by atoms with Crippen LogP contribution in [0.25, 0.3) is 0 Å². The molecule has 1 aliphatic heterocycles. The molecule has 1 fully saturated rings. The van der Waals surface area contributed by atoms with Gasteiger partial charge in [0.15, 0.2) is 0 Å². The maximum atomic E-state index is 6.01. The second kappa shape index (κ2) is 5.78. The molecule has 1 aromatic rings. The molecule has 0 spiro atoms. The summed E-state index contributed by atoms with van der Waals surface area (Å²) in [4.78, 5) is 2.85. The largest absolute Gasteiger partial charge is 0.372 e. The van der Waals surface area contributed by atoms with Gasteiger partial charge in [-0.05, 0) is 44.7 Å². The van der Waals surface area contributed by atoms with Crippen molar-refractivity contribution in [3.63, 3.8) is 0 Å². The van der Waals surface area contributed by atoms with E-state index in [4.69, 9.17) is 4.74 Å². The first-order valence-corrected chi connectivity index (χ1v) is 8.45. The minimum atomic E-state index is 0.180. The predicted octanol–water partition coefficient (Wildman–Crippen LogP) is 4.51. The highest BCUT2D eigenvalue weighted by Gasteiger charge is 2.32. The summed E-state index contributed by atoms with van der Waals surface area (Å²) in [5.41, 5.74) is 0.417. The van der Waals surface area contributed by atoms with E-state index in [1.807, 2.05) is 11.3 Å². The number of rotatable bonds is 3. The zero-order valence-corrected chi connectivity index (χ0v) is 14.6. The maximum Gasteiger partial charge on any atom is 0.0957 e. The van der Waals surface area contributed by atoms with E-state index < -0.39 is 0 Å². The molecule has 1 aliphatic rings. The lowest BCUT2D eigenvalue weighted by Crippen LogP contribution is -2.39. The topological polar surface area (TPSA) is 21.3 Å². The molecule has 0 aliphatic carbocycles. The number of hydrogen-bond acceptors (Lipinski definition) is 3. The first kappa shape index (κ1) is 16.0. The Bertz CT molecular complexity index is 439. The SMILES string of the molecule is CC(C)(C)NCC1CCOC1c1ccc(C(C)(C)C)s1. The molecule has 0 amide bonds. The summed E-state index contributed by atoms with van der Waals surface area (Å²) in [6.07, 6.45) is 1.45. The van der Waals surface area contributed by atoms with Gasteiger partial charge in [-0.25, -0.2) is 0 Å². The zero-order valence-electron chi connectivity index (χ0n) is 13.7. The quantitative estimate of drug-likeness (QED) is 0.885. The minimum Gasteiger partial charge on any atom is -0.372 e. The summed E-state index contributed by atoms with van der Waals surface area (Å²) in [6, 6.07) is 4.54. The van der Waals surface area contributed by atoms with Crippen molar-refractivity contribution in [3.8, 4) is 0 Å². The Hall–Kier alpha value is -0.380. The van der Waals surface area contributed by atoms with Crippen LogP contribution in [0.5, 0.6) is 0 Å². The molecule has 20 heavy (non-hydrogen) atoms. The Labute approximate surface area is 127 Å². The van der Waals surface area contributed by atoms with Crippen molar-refractivity contribution in [2.75, 3.05) is 13.2 Å². The van der Waals surface area contributed by atoms with E-state index in [1.54, 1.807) is 0 Å². The third kappa shape index (κ3) is 4.06. The molecule has 0 bridgehead atoms. The van der Waals surface area contributed by atoms with Gasteiger partial charge in [0.05, 0.1) is 6.10 Å². The molecule has 0 radical (unpaired) electrons. The molecule has 2 heterocycles. The molecule has 2 nitrogen and oxygen atoms in total. The summed E-state index contributed by atoms with van der Waals surface area (Å²) in [5.74, 6) is 0.598. The van der Waals surface area contributed by atoms with Gasteiger partial charge in [-0.15, -0.1) is 11.3 Å². The van der Waals surface area contributed by atoms with E-state index >= 15 is 0 Å². The van der Waals surface area contributed by atoms with E-state index in [9.17, 15) is 0 Å². The van der Waals surface area contributed by atoms with Gasteiger partial charge in [-0.1, -0.05) is 20.8 Å². The van der Waals surface area contributed by atoms with Gasteiger partial charge in [0.2, 0.25) is 0 Å². The van der Waals surface area contributed by atoms with Crippen LogP contribution in [0.15, 0.2) is 12.1 Å². The number of nitrogens with one attached hydrogen (secondary N) is 1. The second-order valence-electron chi connectivity index (χ2n) is 7.92. The number of hydrogen-bond donors (Lipinski definition) is 1. The molecule has 2 atom stereocenters. The van der Waals surface area contributed by atoms with Gasteiger partial charge in [0.25, 0.3) is 0 Å². The average Bonchev–Trinajstić information content (AvgIpc) is 2.93. The number of ether oxygens (including phenoxy) is 1. The molecule has 1 aromatic heterocycles. The normalized spacial score (nSPS) is 24.3. The lowest BCUT2D eigenvalue weighted by molar-refractivity contribution is 0.0917. The van der Waals surface area contributed by atoms with Crippen molar-refractivity contribution < 1.29 is 4.74 Å². The monoisotopic (exact) mass is 295 g/mol. The first-order chi connectivity index (χ1) is 9.17. The molecule has 0 aromatic carbocycles. The van der Waals surface area contributed by atoms with Crippen LogP contribution in [0, 0.1) is 5.92 Å². The Balaban J connectivity index is 2.05. The lowest BCUT2D eigenvalue weighted by atomic mass is 9.94. The summed E-state index contributed by atoms with van der Waals surface area (Å²) < 4.78 is 6.01. The van der Waals surface area contributed by atoms with Gasteiger partial charge in [0.1, 0.15) is 0 Å². The Morgan fingerprint density at radius 1 is 1.20 bits per heavy atom. The van der Waals surface area contributed by atoms with Crippen LogP contribution < -0.4 is 5.32 Å². The van der Waals surface area contributed by atoms with Gasteiger partial charge in [-0.2, -0.15) is 0 Å². The minimum absolute atomic E-state index is 0.180. The predicted molar refractivity (Wildman–Crippen MR) is 87.6 cm³/mol. The highest BCUT2D eigenvalue weighted by Crippen LogP contribution is 2.40. The second-order valence-corrected chi connectivity index (χ2v) is 9.04. The van der Waals surface area contributed by atoms with Crippen molar-refractivity contribution in [2.45, 2.75) is 65.0 Å². The molecule has 2 rings (SSSR count). The third-order valence-electron chi connectivity index (χ3n) is 3.76. The van der Waals surface area contributed by atoms with Crippen molar-refractivity contribution in [1.82, 2.24) is 5.32 Å². The van der Waals surface area contributed by atoms with Crippen LogP contribution in [0.3, 0.4) is 0 Å². The molecule has 2 unspecified atom stereocenters. The highest BCUT2D eigenvalue weighted by atomic mass is 32.1. The average molecular weight is 295 g/mol. The summed E-state index contributed by atoms with van der Waals surface area (Å²) in [6.45, 7) is 15.4. The summed E-state index contributed by atoms with van der Waals surface area (Å²) in [5, 5.41) is 3.63. The van der Waals surface area contributed by atoms with E-state index in [0.29, 0.717) is 5.92 Å². The van der Waals surface area contributed by atoms with Crippen molar-refractivity contribution in [1.29, 1.82) is 0 Å². The van der Waals surface area contributed by atoms with Crippen molar-refractivity contribution in [2.24, 2.45) is 5.92 Å². The van der Waals surface area contributed by atoms with Gasteiger partial charge in [0, 0.05) is 34.4 Å². The fourth-order valence-electron chi connectivity index (χ4n) is 2.50. The van der Waals surface area contributed by atoms with Crippen LogP contribution in [0.4, 0.5) is 0 Å². The molecular weight excluding hydrogens is 266 g/mol. The van der Waals surface area contributed by atoms with Gasteiger partial charge in [-0.3, -0.25) is 0 Å². The molecule has 1 N–H and O–H groups in total. The van der Waals surface area contributed by atoms with Gasteiger partial charge >= 0.3 is 0 Å². The molecule has 3 heteroatoms. The Kier molecular flexibility index (Phi) is 4.63. The van der Waals surface area contributed by atoms with Crippen LogP contribution in [-0.4, -0.2) is 18.7 Å². The molecule has 1 saturated heterocycles. The van der Waals surface area contributed by atoms with E-state index in [2.05, 4.69) is 59.0 Å². The maximum absolute atomic E-state index is 6.01. The Morgan fingerprint density at radius 2 is 1.90 bits per heavy atom.